The van der Waals surface area contributed by atoms with Gasteiger partial charge in [0.15, 0.2) is 0 Å². The van der Waals surface area contributed by atoms with Gasteiger partial charge in [-0.3, -0.25) is 0 Å². The Balaban J connectivity index is 2.39. The minimum absolute atomic E-state index is 0.181. The van der Waals surface area contributed by atoms with E-state index in [0.29, 0.717) is 24.6 Å². The van der Waals surface area contributed by atoms with E-state index in [1.807, 2.05) is 13.0 Å². The Morgan fingerprint density at radius 3 is 2.95 bits per heavy atom. The molecule has 0 bridgehead atoms. The maximum atomic E-state index is 13.1. The van der Waals surface area contributed by atoms with E-state index in [1.54, 1.807) is 4.90 Å². The predicted molar refractivity (Wildman–Crippen MR) is 68.3 cm³/mol. The van der Waals surface area contributed by atoms with Crippen LogP contribution in [0.4, 0.5) is 10.1 Å². The van der Waals surface area contributed by atoms with Gasteiger partial charge in [0, 0.05) is 6.54 Å². The highest BCUT2D eigenvalue weighted by Crippen LogP contribution is 2.30. The smallest absolute Gasteiger partial charge is 0.326 e. The van der Waals surface area contributed by atoms with Gasteiger partial charge in [0.1, 0.15) is 17.9 Å². The molecule has 19 heavy (non-hydrogen) atoms. The van der Waals surface area contributed by atoms with Crippen LogP contribution in [-0.4, -0.2) is 23.7 Å². The first-order valence-corrected chi connectivity index (χ1v) is 6.22. The number of carboxylic acids is 1. The van der Waals surface area contributed by atoms with Gasteiger partial charge in [-0.25, -0.2) is 9.18 Å². The molecule has 1 aromatic rings. The highest BCUT2D eigenvalue weighted by Gasteiger charge is 2.32. The lowest BCUT2D eigenvalue weighted by Crippen LogP contribution is -2.47. The number of hydrogen-bond donors (Lipinski definition) is 1. The lowest BCUT2D eigenvalue weighted by Gasteiger charge is -2.38. The molecule has 0 amide bonds. The zero-order valence-electron chi connectivity index (χ0n) is 10.6. The number of hydrogen-bond acceptors (Lipinski definition) is 3. The summed E-state index contributed by atoms with van der Waals surface area (Å²) in [4.78, 5) is 13.0. The van der Waals surface area contributed by atoms with E-state index in [-0.39, 0.29) is 5.56 Å². The molecule has 1 heterocycles. The zero-order chi connectivity index (χ0) is 14.0. The first-order valence-electron chi connectivity index (χ1n) is 6.22. The van der Waals surface area contributed by atoms with Crippen molar-refractivity contribution in [1.82, 2.24) is 0 Å². The number of piperidine rings is 1. The number of aliphatic carboxylic acids is 1. The monoisotopic (exact) mass is 262 g/mol. The van der Waals surface area contributed by atoms with Crippen LogP contribution >= 0.6 is 0 Å². The van der Waals surface area contributed by atoms with Gasteiger partial charge in [0.2, 0.25) is 0 Å². The molecule has 0 spiro atoms. The molecule has 5 heteroatoms. The first kappa shape index (κ1) is 13.3. The molecule has 1 saturated heterocycles. The summed E-state index contributed by atoms with van der Waals surface area (Å²) in [6.07, 6.45) is 1.41. The van der Waals surface area contributed by atoms with Crippen molar-refractivity contribution in [1.29, 1.82) is 5.26 Å². The second kappa shape index (κ2) is 5.27. The van der Waals surface area contributed by atoms with Crippen molar-refractivity contribution in [2.45, 2.75) is 25.8 Å². The fourth-order valence-electron chi connectivity index (χ4n) is 2.51. The molecule has 2 atom stereocenters. The highest BCUT2D eigenvalue weighted by molar-refractivity contribution is 5.79. The van der Waals surface area contributed by atoms with Gasteiger partial charge in [-0.1, -0.05) is 6.92 Å². The average molecular weight is 262 g/mol. The molecule has 0 aliphatic carbocycles. The largest absolute Gasteiger partial charge is 0.480 e. The third-order valence-electron chi connectivity index (χ3n) is 3.54. The van der Waals surface area contributed by atoms with Crippen LogP contribution in [0.2, 0.25) is 0 Å². The average Bonchev–Trinajstić information content (AvgIpc) is 2.38. The molecule has 0 radical (unpaired) electrons. The van der Waals surface area contributed by atoms with E-state index in [4.69, 9.17) is 5.26 Å². The van der Waals surface area contributed by atoms with Gasteiger partial charge in [0.25, 0.3) is 0 Å². The van der Waals surface area contributed by atoms with Gasteiger partial charge < -0.3 is 10.0 Å². The molecule has 2 unspecified atom stereocenters. The van der Waals surface area contributed by atoms with Gasteiger partial charge in [-0.05, 0) is 37.0 Å². The lowest BCUT2D eigenvalue weighted by atomic mass is 9.91. The van der Waals surface area contributed by atoms with E-state index in [2.05, 4.69) is 0 Å². The number of rotatable bonds is 2. The van der Waals surface area contributed by atoms with Crippen LogP contribution in [0.5, 0.6) is 0 Å². The number of carboxylic acid groups (broad SMARTS) is 1. The number of nitrogens with zero attached hydrogens (tertiary/aromatic N) is 2. The van der Waals surface area contributed by atoms with E-state index in [0.717, 1.165) is 12.5 Å². The van der Waals surface area contributed by atoms with E-state index < -0.39 is 17.8 Å². The first-order chi connectivity index (χ1) is 9.02. The van der Waals surface area contributed by atoms with Crippen molar-refractivity contribution in [2.24, 2.45) is 5.92 Å². The Labute approximate surface area is 111 Å². The van der Waals surface area contributed by atoms with Crippen LogP contribution in [-0.2, 0) is 4.79 Å². The summed E-state index contributed by atoms with van der Waals surface area (Å²) in [5.41, 5.74) is 0.684. The molecule has 100 valence electrons. The molecule has 1 aliphatic rings. The minimum atomic E-state index is -0.903. The number of halogens is 1. The highest BCUT2D eigenvalue weighted by atomic mass is 19.1. The molecule has 1 fully saturated rings. The van der Waals surface area contributed by atoms with Gasteiger partial charge in [0.05, 0.1) is 11.3 Å². The zero-order valence-corrected chi connectivity index (χ0v) is 10.6. The number of nitriles is 1. The van der Waals surface area contributed by atoms with Crippen molar-refractivity contribution in [3.63, 3.8) is 0 Å². The normalized spacial score (nSPS) is 22.9. The molecule has 1 aromatic carbocycles. The summed E-state index contributed by atoms with van der Waals surface area (Å²) in [5.74, 6) is -1.05. The van der Waals surface area contributed by atoms with Crippen LogP contribution in [0.15, 0.2) is 18.2 Å². The van der Waals surface area contributed by atoms with E-state index >= 15 is 0 Å². The maximum Gasteiger partial charge on any atom is 0.326 e. The third-order valence-corrected chi connectivity index (χ3v) is 3.54. The second-order valence-electron chi connectivity index (χ2n) is 4.95. The van der Waals surface area contributed by atoms with Crippen molar-refractivity contribution in [2.75, 3.05) is 11.4 Å². The molecule has 0 aromatic heterocycles. The Morgan fingerprint density at radius 2 is 2.32 bits per heavy atom. The van der Waals surface area contributed by atoms with Crippen molar-refractivity contribution < 1.29 is 14.3 Å². The molecule has 1 aliphatic heterocycles. The molecule has 4 nitrogen and oxygen atoms in total. The fourth-order valence-corrected chi connectivity index (χ4v) is 2.51. The summed E-state index contributed by atoms with van der Waals surface area (Å²) in [7, 11) is 0. The molecular formula is C14H15FN2O2. The van der Waals surface area contributed by atoms with Crippen molar-refractivity contribution >= 4 is 11.7 Å². The van der Waals surface area contributed by atoms with Gasteiger partial charge in [-0.2, -0.15) is 5.26 Å². The van der Waals surface area contributed by atoms with Crippen LogP contribution in [0.3, 0.4) is 0 Å². The van der Waals surface area contributed by atoms with E-state index in [1.165, 1.54) is 12.1 Å². The standard InChI is InChI=1S/C14H15FN2O2/c1-9-4-5-17(13(6-9)14(18)19)12-3-2-11(15)7-10(12)8-16/h2-3,7,9,13H,4-6H2,1H3,(H,18,19). The number of benzene rings is 1. The van der Waals surface area contributed by atoms with Crippen LogP contribution in [0, 0.1) is 23.1 Å². The SMILES string of the molecule is CC1CCN(c2ccc(F)cc2C#N)C(C(=O)O)C1. The van der Waals surface area contributed by atoms with Crippen LogP contribution < -0.4 is 4.90 Å². The maximum absolute atomic E-state index is 13.1. The van der Waals surface area contributed by atoms with Gasteiger partial charge in [-0.15, -0.1) is 0 Å². The van der Waals surface area contributed by atoms with Crippen LogP contribution in [0.1, 0.15) is 25.3 Å². The molecule has 2 rings (SSSR count). The number of anilines is 1. The Morgan fingerprint density at radius 1 is 1.58 bits per heavy atom. The second-order valence-corrected chi connectivity index (χ2v) is 4.95. The summed E-state index contributed by atoms with van der Waals surface area (Å²) in [6, 6.07) is 5.17. The van der Waals surface area contributed by atoms with E-state index in [9.17, 15) is 14.3 Å². The Kier molecular flexibility index (Phi) is 3.70. The fraction of sp³-hybridized carbons (Fsp3) is 0.429. The minimum Gasteiger partial charge on any atom is -0.480 e. The summed E-state index contributed by atoms with van der Waals surface area (Å²) < 4.78 is 13.1. The molecule has 0 saturated carbocycles. The summed E-state index contributed by atoms with van der Waals surface area (Å²) in [5, 5.41) is 18.4. The Hall–Kier alpha value is -2.09. The topological polar surface area (TPSA) is 64.3 Å². The Bertz CT molecular complexity index is 539. The number of carbonyl (C=O) groups is 1. The summed E-state index contributed by atoms with van der Waals surface area (Å²) >= 11 is 0. The quantitative estimate of drug-likeness (QED) is 0.888. The third kappa shape index (κ3) is 2.68. The summed E-state index contributed by atoms with van der Waals surface area (Å²) in [6.45, 7) is 2.58. The van der Waals surface area contributed by atoms with Crippen molar-refractivity contribution in [3.05, 3.63) is 29.6 Å². The molecular weight excluding hydrogens is 247 g/mol. The van der Waals surface area contributed by atoms with Crippen molar-refractivity contribution in [3.8, 4) is 6.07 Å². The molecule has 1 N–H and O–H groups in total. The van der Waals surface area contributed by atoms with Crippen LogP contribution in [0.25, 0.3) is 0 Å². The van der Waals surface area contributed by atoms with Gasteiger partial charge >= 0.3 is 5.97 Å². The predicted octanol–water partition coefficient (Wildman–Crippen LogP) is 2.39. The lowest BCUT2D eigenvalue weighted by molar-refractivity contribution is -0.139.